The van der Waals surface area contributed by atoms with Gasteiger partial charge in [-0.2, -0.15) is 0 Å². The third-order valence-electron chi connectivity index (χ3n) is 7.03. The van der Waals surface area contributed by atoms with Crippen LogP contribution in [0.4, 0.5) is 11.4 Å². The van der Waals surface area contributed by atoms with E-state index in [9.17, 15) is 8.42 Å². The van der Waals surface area contributed by atoms with E-state index in [1.54, 1.807) is 0 Å². The van der Waals surface area contributed by atoms with Crippen LogP contribution in [0.5, 0.6) is 0 Å². The number of rotatable bonds is 8. The molecule has 2 N–H and O–H groups in total. The number of piperazine rings is 1. The zero-order valence-corrected chi connectivity index (χ0v) is 27.6. The Hall–Kier alpha value is -1.53. The van der Waals surface area contributed by atoms with E-state index in [0.29, 0.717) is 32.5 Å². The highest BCUT2D eigenvalue weighted by Gasteiger charge is 2.28. The van der Waals surface area contributed by atoms with Gasteiger partial charge >= 0.3 is 0 Å². The molecule has 214 valence electrons. The predicted octanol–water partition coefficient (Wildman–Crippen LogP) is 9.03. The molecular formula is C28H23Cl4N3O2S4. The monoisotopic (exact) mass is 701 g/mol. The smallest absolute Gasteiger partial charge is 0.262 e. The second-order valence-electron chi connectivity index (χ2n) is 9.60. The summed E-state index contributed by atoms with van der Waals surface area (Å²) in [5.74, 6) is 0. The van der Waals surface area contributed by atoms with Gasteiger partial charge < -0.3 is 10.2 Å². The van der Waals surface area contributed by atoms with E-state index < -0.39 is 10.0 Å². The average Bonchev–Trinajstić information content (AvgIpc) is 3.63. The molecule has 0 bridgehead atoms. The Morgan fingerprint density at radius 1 is 0.829 bits per heavy atom. The van der Waals surface area contributed by atoms with Crippen LogP contribution in [-0.4, -0.2) is 34.6 Å². The number of nitrogens with one attached hydrogen (secondary N) is 2. The summed E-state index contributed by atoms with van der Waals surface area (Å²) in [5, 5.41) is 8.83. The van der Waals surface area contributed by atoms with Gasteiger partial charge in [0.2, 0.25) is 0 Å². The summed E-state index contributed by atoms with van der Waals surface area (Å²) in [7, 11) is -4.11. The zero-order chi connectivity index (χ0) is 28.7. The van der Waals surface area contributed by atoms with Gasteiger partial charge in [-0.15, -0.1) is 34.0 Å². The highest BCUT2D eigenvalue weighted by atomic mass is 35.5. The molecule has 6 rings (SSSR count). The number of fused-ring (bicyclic) bond motifs is 1. The molecule has 0 unspecified atom stereocenters. The fourth-order valence-corrected chi connectivity index (χ4v) is 10.1. The Kier molecular flexibility index (Phi) is 8.81. The van der Waals surface area contributed by atoms with Crippen LogP contribution in [0.3, 0.4) is 0 Å². The van der Waals surface area contributed by atoms with Gasteiger partial charge in [0.1, 0.15) is 4.34 Å². The van der Waals surface area contributed by atoms with Gasteiger partial charge in [-0.25, -0.2) is 8.42 Å². The zero-order valence-electron chi connectivity index (χ0n) is 21.3. The first-order valence-electron chi connectivity index (χ1n) is 12.7. The van der Waals surface area contributed by atoms with Crippen LogP contribution in [0.2, 0.25) is 17.3 Å². The summed E-state index contributed by atoms with van der Waals surface area (Å²) in [5.41, 5.74) is 4.79. The number of thiophene rings is 3. The van der Waals surface area contributed by atoms with E-state index in [2.05, 4.69) is 21.0 Å². The molecule has 1 fully saturated rings. The summed E-state index contributed by atoms with van der Waals surface area (Å²) < 4.78 is 33.4. The molecule has 0 amide bonds. The summed E-state index contributed by atoms with van der Waals surface area (Å²) in [6.45, 7) is 3.28. The predicted molar refractivity (Wildman–Crippen MR) is 178 cm³/mol. The lowest BCUT2D eigenvalue weighted by molar-refractivity contribution is 0.589. The van der Waals surface area contributed by atoms with Crippen molar-refractivity contribution in [3.63, 3.8) is 0 Å². The fraction of sp³-hybridized carbons (Fsp3) is 0.214. The normalized spacial score (nSPS) is 14.2. The molecule has 5 aromatic rings. The largest absolute Gasteiger partial charge is 0.368 e. The van der Waals surface area contributed by atoms with Crippen LogP contribution in [0, 0.1) is 0 Å². The summed E-state index contributed by atoms with van der Waals surface area (Å²) in [6, 6.07) is 13.4. The first-order valence-corrected chi connectivity index (χ1v) is 18.2. The molecule has 13 heteroatoms. The third-order valence-corrected chi connectivity index (χ3v) is 12.5. The molecule has 1 aliphatic rings. The molecule has 1 aliphatic heterocycles. The number of sulfonamides is 1. The molecule has 2 aromatic carbocycles. The van der Waals surface area contributed by atoms with Crippen LogP contribution in [-0.2, 0) is 22.9 Å². The average molecular weight is 704 g/mol. The molecule has 0 spiro atoms. The van der Waals surface area contributed by atoms with Gasteiger partial charge in [-0.3, -0.25) is 4.72 Å². The lowest BCUT2D eigenvalue weighted by Gasteiger charge is -2.32. The number of hydrogen-bond donors (Lipinski definition) is 2. The number of halogens is 4. The van der Waals surface area contributed by atoms with E-state index in [0.717, 1.165) is 69.6 Å². The Morgan fingerprint density at radius 2 is 1.49 bits per heavy atom. The maximum Gasteiger partial charge on any atom is 0.262 e. The second-order valence-corrected chi connectivity index (χ2v) is 16.5. The van der Waals surface area contributed by atoms with Gasteiger partial charge in [0, 0.05) is 55.5 Å². The minimum Gasteiger partial charge on any atom is -0.368 e. The van der Waals surface area contributed by atoms with Crippen molar-refractivity contribution < 1.29 is 8.42 Å². The van der Waals surface area contributed by atoms with Gasteiger partial charge in [0.25, 0.3) is 10.0 Å². The molecule has 3 aromatic heterocycles. The van der Waals surface area contributed by atoms with Crippen molar-refractivity contribution in [1.29, 1.82) is 0 Å². The molecule has 1 saturated heterocycles. The van der Waals surface area contributed by atoms with E-state index in [4.69, 9.17) is 46.4 Å². The molecule has 0 radical (unpaired) electrons. The Labute approximate surface area is 270 Å². The Bertz CT molecular complexity index is 1840. The number of anilines is 2. The van der Waals surface area contributed by atoms with Crippen LogP contribution < -0.4 is 14.9 Å². The van der Waals surface area contributed by atoms with Gasteiger partial charge in [0.05, 0.1) is 23.6 Å². The highest BCUT2D eigenvalue weighted by molar-refractivity contribution is 7.93. The van der Waals surface area contributed by atoms with Crippen molar-refractivity contribution >= 4 is 113 Å². The van der Waals surface area contributed by atoms with E-state index in [-0.39, 0.29) is 14.9 Å². The maximum atomic E-state index is 14.3. The molecule has 4 heterocycles. The molecule has 5 nitrogen and oxygen atoms in total. The number of hydrogen-bond acceptors (Lipinski definition) is 7. The molecule has 0 atom stereocenters. The van der Waals surface area contributed by atoms with Crippen molar-refractivity contribution in [2.45, 2.75) is 17.7 Å². The molecular weight excluding hydrogens is 680 g/mol. The number of benzene rings is 2. The Balaban J connectivity index is 1.62. The summed E-state index contributed by atoms with van der Waals surface area (Å²) in [4.78, 5) is 2.53. The van der Waals surface area contributed by atoms with E-state index in [1.165, 1.54) is 28.7 Å². The lowest BCUT2D eigenvalue weighted by atomic mass is 9.94. The standard InChI is InChI=1S/C28H23Cl4N3O2S4/c29-23-15-21(28(32)40-23)34-41(36,37)25-19(13-18-5-11-39-27(18)31)14-22(35-8-6-33-7-9-35)24-16(2-1-3-20(24)25)12-17-4-10-38-26(17)30/h1-5,10-11,14-15,33-34H,6-9,12-13H2. The first-order chi connectivity index (χ1) is 19.7. The number of nitrogens with zero attached hydrogens (tertiary/aromatic N) is 1. The van der Waals surface area contributed by atoms with Gasteiger partial charge in [-0.1, -0.05) is 64.6 Å². The first kappa shape index (κ1) is 29.5. The summed E-state index contributed by atoms with van der Waals surface area (Å²) >= 11 is 29.6. The van der Waals surface area contributed by atoms with Crippen molar-refractivity contribution in [3.05, 3.63) is 92.8 Å². The van der Waals surface area contributed by atoms with E-state index in [1.807, 2.05) is 41.1 Å². The van der Waals surface area contributed by atoms with Crippen LogP contribution in [0.15, 0.2) is 58.1 Å². The topological polar surface area (TPSA) is 61.4 Å². The van der Waals surface area contributed by atoms with Gasteiger partial charge in [-0.05, 0) is 57.3 Å². The Morgan fingerprint density at radius 3 is 2.07 bits per heavy atom. The third kappa shape index (κ3) is 6.12. The van der Waals surface area contributed by atoms with Crippen molar-refractivity contribution in [3.8, 4) is 0 Å². The van der Waals surface area contributed by atoms with Crippen LogP contribution in [0.1, 0.15) is 22.3 Å². The lowest BCUT2D eigenvalue weighted by Crippen LogP contribution is -2.43. The van der Waals surface area contributed by atoms with E-state index >= 15 is 0 Å². The molecule has 0 aliphatic carbocycles. The van der Waals surface area contributed by atoms with Crippen molar-refractivity contribution in [2.75, 3.05) is 35.8 Å². The SMILES string of the molecule is O=S(=O)(Nc1cc(Cl)sc1Cl)c1c(Cc2ccsc2Cl)cc(N2CCNCC2)c2c(Cc3ccsc3Cl)cccc12. The van der Waals surface area contributed by atoms with Crippen molar-refractivity contribution in [2.24, 2.45) is 0 Å². The van der Waals surface area contributed by atoms with Crippen LogP contribution in [0.25, 0.3) is 10.8 Å². The summed E-state index contributed by atoms with van der Waals surface area (Å²) in [6.07, 6.45) is 0.930. The molecule has 41 heavy (non-hydrogen) atoms. The minimum atomic E-state index is -4.11. The fourth-order valence-electron chi connectivity index (χ4n) is 5.23. The second kappa shape index (κ2) is 12.2. The van der Waals surface area contributed by atoms with Crippen LogP contribution >= 0.6 is 80.4 Å². The minimum absolute atomic E-state index is 0.199. The highest BCUT2D eigenvalue weighted by Crippen LogP contribution is 2.42. The van der Waals surface area contributed by atoms with Gasteiger partial charge in [0.15, 0.2) is 0 Å². The molecule has 0 saturated carbocycles. The maximum absolute atomic E-state index is 14.3. The quantitative estimate of drug-likeness (QED) is 0.169. The van der Waals surface area contributed by atoms with Crippen molar-refractivity contribution in [1.82, 2.24) is 5.32 Å².